The minimum absolute atomic E-state index is 0.0288. The number of aromatic nitrogens is 2. The Morgan fingerprint density at radius 2 is 2.05 bits per heavy atom. The zero-order chi connectivity index (χ0) is 15.1. The Labute approximate surface area is 124 Å². The first-order valence-electron chi connectivity index (χ1n) is 7.07. The van der Waals surface area contributed by atoms with Gasteiger partial charge in [-0.05, 0) is 43.1 Å². The molecule has 5 heteroatoms. The van der Waals surface area contributed by atoms with Crippen molar-refractivity contribution >= 4 is 0 Å². The second-order valence-corrected chi connectivity index (χ2v) is 4.79. The number of hydrogen-bond donors (Lipinski definition) is 1. The fraction of sp³-hybridized carbons (Fsp3) is 0.375. The molecule has 112 valence electrons. The summed E-state index contributed by atoms with van der Waals surface area (Å²) in [5.74, 6) is 0.633. The third kappa shape index (κ3) is 4.23. The minimum atomic E-state index is -0.349. The van der Waals surface area contributed by atoms with Gasteiger partial charge in [-0.15, -0.1) is 0 Å². The summed E-state index contributed by atoms with van der Waals surface area (Å²) < 4.78 is 18.7. The van der Waals surface area contributed by atoms with Crippen LogP contribution in [0.2, 0.25) is 0 Å². The first-order chi connectivity index (χ1) is 10.2. The number of rotatable bonds is 7. The van der Waals surface area contributed by atoms with Gasteiger partial charge >= 0.3 is 0 Å². The van der Waals surface area contributed by atoms with Crippen LogP contribution in [0.4, 0.5) is 4.39 Å². The minimum Gasteiger partial charge on any atom is -0.494 e. The van der Waals surface area contributed by atoms with Gasteiger partial charge in [-0.1, -0.05) is 13.0 Å². The number of halogens is 1. The summed E-state index contributed by atoms with van der Waals surface area (Å²) in [5.41, 5.74) is 0.884. The molecule has 0 bridgehead atoms. The monoisotopic (exact) mass is 289 g/mol. The highest BCUT2D eigenvalue weighted by atomic mass is 19.1. The number of nitrogens with one attached hydrogen (secondary N) is 1. The second kappa shape index (κ2) is 7.69. The highest BCUT2D eigenvalue weighted by Gasteiger charge is 2.15. The molecular formula is C16H20FN3O. The third-order valence-electron chi connectivity index (χ3n) is 3.19. The summed E-state index contributed by atoms with van der Waals surface area (Å²) in [5, 5.41) is 3.40. The van der Waals surface area contributed by atoms with Crippen LogP contribution in [-0.4, -0.2) is 23.6 Å². The van der Waals surface area contributed by atoms with Crippen LogP contribution >= 0.6 is 0 Å². The molecule has 0 saturated carbocycles. The highest BCUT2D eigenvalue weighted by Crippen LogP contribution is 2.21. The van der Waals surface area contributed by atoms with Crippen molar-refractivity contribution in [2.45, 2.75) is 25.8 Å². The Morgan fingerprint density at radius 3 is 2.67 bits per heavy atom. The zero-order valence-electron chi connectivity index (χ0n) is 12.3. The normalized spacial score (nSPS) is 12.1. The summed E-state index contributed by atoms with van der Waals surface area (Å²) in [6.07, 6.45) is 5.08. The van der Waals surface area contributed by atoms with Crippen LogP contribution in [0.15, 0.2) is 36.7 Å². The number of nitrogens with zero attached hydrogens (tertiary/aromatic N) is 2. The van der Waals surface area contributed by atoms with E-state index in [4.69, 9.17) is 4.74 Å². The van der Waals surface area contributed by atoms with E-state index in [2.05, 4.69) is 22.2 Å². The molecule has 0 amide bonds. The molecule has 1 aromatic heterocycles. The molecule has 0 aliphatic heterocycles. The van der Waals surface area contributed by atoms with Crippen LogP contribution in [0.3, 0.4) is 0 Å². The lowest BCUT2D eigenvalue weighted by atomic mass is 10.0. The molecule has 0 radical (unpaired) electrons. The molecule has 0 aliphatic rings. The molecule has 1 unspecified atom stereocenters. The van der Waals surface area contributed by atoms with Crippen LogP contribution < -0.4 is 10.1 Å². The molecule has 0 spiro atoms. The zero-order valence-corrected chi connectivity index (χ0v) is 12.3. The van der Waals surface area contributed by atoms with E-state index in [1.807, 2.05) is 6.07 Å². The fourth-order valence-electron chi connectivity index (χ4n) is 2.14. The van der Waals surface area contributed by atoms with Crippen LogP contribution in [0.25, 0.3) is 0 Å². The van der Waals surface area contributed by atoms with Crippen molar-refractivity contribution < 1.29 is 9.13 Å². The Kier molecular flexibility index (Phi) is 5.63. The molecule has 1 heterocycles. The summed E-state index contributed by atoms with van der Waals surface area (Å²) in [7, 11) is 1.46. The second-order valence-electron chi connectivity index (χ2n) is 4.79. The maximum Gasteiger partial charge on any atom is 0.165 e. The van der Waals surface area contributed by atoms with Gasteiger partial charge in [-0.3, -0.25) is 0 Å². The molecule has 2 rings (SSSR count). The van der Waals surface area contributed by atoms with Gasteiger partial charge in [-0.2, -0.15) is 0 Å². The van der Waals surface area contributed by atoms with Crippen molar-refractivity contribution in [1.29, 1.82) is 0 Å². The van der Waals surface area contributed by atoms with Crippen molar-refractivity contribution in [3.63, 3.8) is 0 Å². The fourth-order valence-corrected chi connectivity index (χ4v) is 2.14. The molecule has 4 nitrogen and oxygen atoms in total. The van der Waals surface area contributed by atoms with Crippen LogP contribution in [-0.2, 0) is 6.42 Å². The summed E-state index contributed by atoms with van der Waals surface area (Å²) >= 11 is 0. The van der Waals surface area contributed by atoms with E-state index in [1.54, 1.807) is 24.5 Å². The lowest BCUT2D eigenvalue weighted by molar-refractivity contribution is 0.386. The predicted octanol–water partition coefficient (Wildman–Crippen LogP) is 2.91. The van der Waals surface area contributed by atoms with Gasteiger partial charge in [0.1, 0.15) is 5.82 Å². The molecule has 21 heavy (non-hydrogen) atoms. The van der Waals surface area contributed by atoms with Crippen molar-refractivity contribution in [3.8, 4) is 5.75 Å². The van der Waals surface area contributed by atoms with E-state index in [0.717, 1.165) is 24.4 Å². The average molecular weight is 289 g/mol. The standard InChI is InChI=1S/C16H20FN3O/c1-3-7-18-14(16-19-8-4-9-20-16)11-12-5-6-15(21-2)13(17)10-12/h4-6,8-10,14,18H,3,7,11H2,1-2H3. The third-order valence-corrected chi connectivity index (χ3v) is 3.19. The maximum absolute atomic E-state index is 13.8. The Balaban J connectivity index is 2.16. The van der Waals surface area contributed by atoms with Gasteiger partial charge in [0.25, 0.3) is 0 Å². The van der Waals surface area contributed by atoms with Crippen molar-refractivity contribution in [2.24, 2.45) is 0 Å². The van der Waals surface area contributed by atoms with Crippen LogP contribution in [0.5, 0.6) is 5.75 Å². The van der Waals surface area contributed by atoms with E-state index in [1.165, 1.54) is 13.2 Å². The van der Waals surface area contributed by atoms with Crippen molar-refractivity contribution in [1.82, 2.24) is 15.3 Å². The summed E-state index contributed by atoms with van der Waals surface area (Å²) in [4.78, 5) is 8.58. The quantitative estimate of drug-likeness (QED) is 0.851. The number of benzene rings is 1. The number of hydrogen-bond acceptors (Lipinski definition) is 4. The number of methoxy groups -OCH3 is 1. The lowest BCUT2D eigenvalue weighted by Gasteiger charge is -2.17. The first-order valence-corrected chi connectivity index (χ1v) is 7.07. The van der Waals surface area contributed by atoms with E-state index in [0.29, 0.717) is 6.42 Å². The van der Waals surface area contributed by atoms with Crippen molar-refractivity contribution in [2.75, 3.05) is 13.7 Å². The summed E-state index contributed by atoms with van der Waals surface area (Å²) in [6.45, 7) is 2.96. The van der Waals surface area contributed by atoms with Gasteiger partial charge in [0, 0.05) is 12.4 Å². The SMILES string of the molecule is CCCNC(Cc1ccc(OC)c(F)c1)c1ncccn1. The molecule has 2 aromatic rings. The highest BCUT2D eigenvalue weighted by molar-refractivity contribution is 5.30. The maximum atomic E-state index is 13.8. The van der Waals surface area contributed by atoms with Gasteiger partial charge < -0.3 is 10.1 Å². The van der Waals surface area contributed by atoms with Gasteiger partial charge in [-0.25, -0.2) is 14.4 Å². The smallest absolute Gasteiger partial charge is 0.165 e. The van der Waals surface area contributed by atoms with E-state index in [-0.39, 0.29) is 17.6 Å². The first kappa shape index (κ1) is 15.4. The van der Waals surface area contributed by atoms with Gasteiger partial charge in [0.2, 0.25) is 0 Å². The molecule has 0 fully saturated rings. The molecule has 0 saturated heterocycles. The predicted molar refractivity (Wildman–Crippen MR) is 79.7 cm³/mol. The van der Waals surface area contributed by atoms with Crippen LogP contribution in [0, 0.1) is 5.82 Å². The summed E-state index contributed by atoms with van der Waals surface area (Å²) in [6, 6.07) is 6.77. The number of ether oxygens (including phenoxy) is 1. The molecule has 1 aromatic carbocycles. The van der Waals surface area contributed by atoms with E-state index < -0.39 is 0 Å². The largest absolute Gasteiger partial charge is 0.494 e. The lowest BCUT2D eigenvalue weighted by Crippen LogP contribution is -2.25. The Morgan fingerprint density at radius 1 is 1.29 bits per heavy atom. The van der Waals surface area contributed by atoms with Crippen molar-refractivity contribution in [3.05, 3.63) is 53.9 Å². The Bertz CT molecular complexity index is 563. The van der Waals surface area contributed by atoms with Crippen LogP contribution in [0.1, 0.15) is 30.8 Å². The molecule has 1 atom stereocenters. The molecule has 1 N–H and O–H groups in total. The van der Waals surface area contributed by atoms with E-state index in [9.17, 15) is 4.39 Å². The average Bonchev–Trinajstić information content (AvgIpc) is 2.52. The van der Waals surface area contributed by atoms with E-state index >= 15 is 0 Å². The van der Waals surface area contributed by atoms with Gasteiger partial charge in [0.15, 0.2) is 11.6 Å². The van der Waals surface area contributed by atoms with Gasteiger partial charge in [0.05, 0.1) is 13.2 Å². The topological polar surface area (TPSA) is 47.0 Å². The molecular weight excluding hydrogens is 269 g/mol. The molecule has 0 aliphatic carbocycles. The Hall–Kier alpha value is -2.01.